The number of hydrogen-bond donors (Lipinski definition) is 0. The second-order valence-electron chi connectivity index (χ2n) is 9.52. The van der Waals surface area contributed by atoms with Gasteiger partial charge in [-0.1, -0.05) is 84.5 Å². The van der Waals surface area contributed by atoms with E-state index in [1.165, 1.54) is 22.3 Å². The molecule has 6 rings (SSSR count). The highest BCUT2D eigenvalue weighted by Crippen LogP contribution is 2.45. The highest BCUT2D eigenvalue weighted by atomic mass is 16.5. The monoisotopic (exact) mass is 437 g/mol. The highest BCUT2D eigenvalue weighted by molar-refractivity contribution is 5.65. The van der Waals surface area contributed by atoms with Crippen molar-refractivity contribution >= 4 is 0 Å². The van der Waals surface area contributed by atoms with Crippen molar-refractivity contribution in [2.24, 2.45) is 5.92 Å². The van der Waals surface area contributed by atoms with Crippen molar-refractivity contribution in [2.45, 2.75) is 38.3 Å². The Bertz CT molecular complexity index is 1170. The molecule has 0 bridgehead atoms. The molecule has 168 valence electrons. The average molecular weight is 438 g/mol. The molecule has 1 aromatic heterocycles. The number of ether oxygens (including phenoxy) is 1. The normalized spacial score (nSPS) is 24.4. The van der Waals surface area contributed by atoms with Gasteiger partial charge in [-0.2, -0.15) is 0 Å². The van der Waals surface area contributed by atoms with Gasteiger partial charge in [0.1, 0.15) is 11.5 Å². The van der Waals surface area contributed by atoms with Gasteiger partial charge in [-0.15, -0.1) is 0 Å². The Labute approximate surface area is 196 Å². The van der Waals surface area contributed by atoms with Crippen LogP contribution in [-0.2, 0) is 17.6 Å². The molecule has 3 aromatic rings. The van der Waals surface area contributed by atoms with Crippen LogP contribution in [0.3, 0.4) is 0 Å². The topological polar surface area (TPSA) is 25.6 Å². The predicted octanol–water partition coefficient (Wildman–Crippen LogP) is 6.30. The second kappa shape index (κ2) is 8.81. The second-order valence-corrected chi connectivity index (χ2v) is 9.52. The third-order valence-corrected chi connectivity index (χ3v) is 7.54. The molecule has 1 fully saturated rings. The Kier molecular flexibility index (Phi) is 5.53. The fourth-order valence-corrected chi connectivity index (χ4v) is 5.85. The van der Waals surface area contributed by atoms with E-state index in [0.29, 0.717) is 12.0 Å². The van der Waals surface area contributed by atoms with Crippen molar-refractivity contribution in [1.82, 2.24) is 4.90 Å². The lowest BCUT2D eigenvalue weighted by atomic mass is 9.85. The van der Waals surface area contributed by atoms with E-state index < -0.39 is 0 Å². The Morgan fingerprint density at radius 3 is 2.58 bits per heavy atom. The van der Waals surface area contributed by atoms with Crippen molar-refractivity contribution < 1.29 is 9.15 Å². The van der Waals surface area contributed by atoms with E-state index in [4.69, 9.17) is 9.15 Å². The molecule has 2 aliphatic heterocycles. The first-order chi connectivity index (χ1) is 16.3. The maximum absolute atomic E-state index is 6.42. The average Bonchev–Trinajstić information content (AvgIpc) is 3.12. The first-order valence-corrected chi connectivity index (χ1v) is 12.2. The minimum atomic E-state index is 0.231. The third-order valence-electron chi connectivity index (χ3n) is 7.54. The van der Waals surface area contributed by atoms with Crippen LogP contribution in [0, 0.1) is 12.8 Å². The van der Waals surface area contributed by atoms with E-state index in [-0.39, 0.29) is 6.04 Å². The maximum Gasteiger partial charge on any atom is 0.139 e. The molecule has 3 nitrogen and oxygen atoms in total. The molecule has 1 saturated heterocycles. The van der Waals surface area contributed by atoms with E-state index >= 15 is 0 Å². The fourth-order valence-electron chi connectivity index (χ4n) is 5.85. The SMILES string of the molecule is Cc1oc(-c2ccccc2)c2c1CC1C=CC(CCc3ccccc3)=CC1N1CCOC[C@@H]21. The summed E-state index contributed by atoms with van der Waals surface area (Å²) in [5.74, 6) is 2.55. The van der Waals surface area contributed by atoms with Crippen molar-refractivity contribution in [3.05, 3.63) is 107 Å². The van der Waals surface area contributed by atoms with Crippen LogP contribution in [0.4, 0.5) is 0 Å². The number of hydrogen-bond acceptors (Lipinski definition) is 3. The molecule has 1 aliphatic carbocycles. The number of morpholine rings is 1. The molecule has 33 heavy (non-hydrogen) atoms. The Morgan fingerprint density at radius 2 is 1.76 bits per heavy atom. The van der Waals surface area contributed by atoms with Crippen LogP contribution in [0.5, 0.6) is 0 Å². The lowest BCUT2D eigenvalue weighted by Gasteiger charge is -2.41. The van der Waals surface area contributed by atoms with E-state index in [0.717, 1.165) is 56.1 Å². The quantitative estimate of drug-likeness (QED) is 0.479. The van der Waals surface area contributed by atoms with Crippen LogP contribution in [0.1, 0.15) is 34.9 Å². The molecule has 3 aliphatic rings. The fraction of sp³-hybridized carbons (Fsp3) is 0.333. The van der Waals surface area contributed by atoms with Gasteiger partial charge in [0, 0.05) is 29.6 Å². The van der Waals surface area contributed by atoms with Gasteiger partial charge < -0.3 is 9.15 Å². The number of nitrogens with zero attached hydrogens (tertiary/aromatic N) is 1. The van der Waals surface area contributed by atoms with Gasteiger partial charge in [-0.3, -0.25) is 4.90 Å². The van der Waals surface area contributed by atoms with Crippen LogP contribution in [0.2, 0.25) is 0 Å². The van der Waals surface area contributed by atoms with E-state index in [2.05, 4.69) is 90.7 Å². The van der Waals surface area contributed by atoms with Crippen molar-refractivity contribution in [3.8, 4) is 11.3 Å². The summed E-state index contributed by atoms with van der Waals surface area (Å²) in [4.78, 5) is 2.69. The van der Waals surface area contributed by atoms with E-state index in [9.17, 15) is 0 Å². The molecular formula is C30H31NO2. The number of fused-ring (bicyclic) bond motifs is 5. The minimum Gasteiger partial charge on any atom is -0.461 e. The summed E-state index contributed by atoms with van der Waals surface area (Å²) in [5, 5.41) is 0. The lowest BCUT2D eigenvalue weighted by molar-refractivity contribution is -0.0257. The first-order valence-electron chi connectivity index (χ1n) is 12.2. The first kappa shape index (κ1) is 20.7. The van der Waals surface area contributed by atoms with Gasteiger partial charge in [-0.05, 0) is 37.3 Å². The Balaban J connectivity index is 1.35. The summed E-state index contributed by atoms with van der Waals surface area (Å²) >= 11 is 0. The van der Waals surface area contributed by atoms with Crippen molar-refractivity contribution in [3.63, 3.8) is 0 Å². The van der Waals surface area contributed by atoms with Gasteiger partial charge in [0.2, 0.25) is 0 Å². The van der Waals surface area contributed by atoms with Crippen molar-refractivity contribution in [2.75, 3.05) is 19.8 Å². The molecule has 3 heteroatoms. The van der Waals surface area contributed by atoms with Crippen molar-refractivity contribution in [1.29, 1.82) is 0 Å². The standard InChI is InChI=1S/C30H31NO2/c1-21-26-19-25-15-14-23(13-12-22-8-4-2-5-9-22)18-27(25)31-16-17-32-20-28(31)29(26)30(33-21)24-10-6-3-7-11-24/h2-11,14-15,18,25,27-28H,12-13,16-17,19-20H2,1H3/t25?,27?,28-/m0/s1. The summed E-state index contributed by atoms with van der Waals surface area (Å²) in [5.41, 5.74) is 6.75. The molecule has 2 unspecified atom stereocenters. The van der Waals surface area contributed by atoms with Crippen LogP contribution in [0.15, 0.2) is 88.9 Å². The Hall–Kier alpha value is -2.88. The summed E-state index contributed by atoms with van der Waals surface area (Å²) in [6.45, 7) is 4.61. The van der Waals surface area contributed by atoms with E-state index in [1.807, 2.05) is 0 Å². The number of benzene rings is 2. The molecule has 0 saturated carbocycles. The zero-order valence-electron chi connectivity index (χ0n) is 19.2. The van der Waals surface area contributed by atoms with Crippen LogP contribution in [0.25, 0.3) is 11.3 Å². The largest absolute Gasteiger partial charge is 0.461 e. The Morgan fingerprint density at radius 1 is 0.970 bits per heavy atom. The minimum absolute atomic E-state index is 0.231. The molecule has 0 N–H and O–H groups in total. The molecular weight excluding hydrogens is 406 g/mol. The number of rotatable bonds is 4. The van der Waals surface area contributed by atoms with Crippen LogP contribution < -0.4 is 0 Å². The number of allylic oxidation sites excluding steroid dienone is 2. The molecule has 0 spiro atoms. The number of furan rings is 1. The molecule has 2 aromatic carbocycles. The molecule has 3 atom stereocenters. The molecule has 0 radical (unpaired) electrons. The molecule has 3 heterocycles. The molecule has 0 amide bonds. The highest BCUT2D eigenvalue weighted by Gasteiger charge is 2.41. The zero-order chi connectivity index (χ0) is 22.2. The summed E-state index contributed by atoms with van der Waals surface area (Å²) in [6.07, 6.45) is 10.6. The van der Waals surface area contributed by atoms with Gasteiger partial charge >= 0.3 is 0 Å². The van der Waals surface area contributed by atoms with Crippen LogP contribution >= 0.6 is 0 Å². The zero-order valence-corrected chi connectivity index (χ0v) is 19.2. The number of aryl methyl sites for hydroxylation is 2. The van der Waals surface area contributed by atoms with E-state index in [1.54, 1.807) is 0 Å². The van der Waals surface area contributed by atoms with Gasteiger partial charge in [-0.25, -0.2) is 0 Å². The van der Waals surface area contributed by atoms with Gasteiger partial charge in [0.25, 0.3) is 0 Å². The smallest absolute Gasteiger partial charge is 0.139 e. The predicted molar refractivity (Wildman–Crippen MR) is 132 cm³/mol. The summed E-state index contributed by atoms with van der Waals surface area (Å²) < 4.78 is 12.5. The lowest BCUT2D eigenvalue weighted by Crippen LogP contribution is -2.47. The summed E-state index contributed by atoms with van der Waals surface area (Å²) in [6, 6.07) is 22.0. The van der Waals surface area contributed by atoms with Gasteiger partial charge in [0.15, 0.2) is 0 Å². The third kappa shape index (κ3) is 3.90. The maximum atomic E-state index is 6.42. The van der Waals surface area contributed by atoms with Crippen LogP contribution in [-0.4, -0.2) is 30.7 Å². The summed E-state index contributed by atoms with van der Waals surface area (Å²) in [7, 11) is 0. The van der Waals surface area contributed by atoms with Gasteiger partial charge in [0.05, 0.1) is 19.3 Å².